The summed E-state index contributed by atoms with van der Waals surface area (Å²) in [5, 5.41) is 13.4. The third-order valence-electron chi connectivity index (χ3n) is 12.6. The van der Waals surface area contributed by atoms with Crippen LogP contribution in [-0.2, 0) is 42.8 Å². The van der Waals surface area contributed by atoms with Gasteiger partial charge < -0.3 is 32.6 Å². The predicted molar refractivity (Wildman–Crippen MR) is 232 cm³/mol. The van der Waals surface area contributed by atoms with Gasteiger partial charge in [-0.1, -0.05) is 106 Å². The van der Waals surface area contributed by atoms with Gasteiger partial charge in [0.15, 0.2) is 16.6 Å². The third-order valence-corrected chi connectivity index (χ3v) is 21.6. The SMILES string of the molecule is CCC[C@H](c1coc2c(CO[Si](C)(C)C(C)(C)C)c(OCc3ccccc3)c(CC(C)C)cc12)C(O)C[C@H](O[Si](C)(C)C(C)(C)C)[C@@]1(C(=O)OCC)OC1CC. The predicted octanol–water partition coefficient (Wildman–Crippen LogP) is 11.9. The molecule has 0 radical (unpaired) electrons. The van der Waals surface area contributed by atoms with Crippen molar-refractivity contribution in [1.29, 1.82) is 0 Å². The van der Waals surface area contributed by atoms with Gasteiger partial charge in [-0.3, -0.25) is 0 Å². The van der Waals surface area contributed by atoms with Gasteiger partial charge in [0, 0.05) is 23.3 Å². The molecular formula is C46H74O8Si2. The van der Waals surface area contributed by atoms with Crippen molar-refractivity contribution in [3.05, 3.63) is 64.9 Å². The van der Waals surface area contributed by atoms with E-state index in [9.17, 15) is 9.90 Å². The second-order valence-electron chi connectivity index (χ2n) is 19.4. The highest BCUT2D eigenvalue weighted by Crippen LogP contribution is 2.50. The van der Waals surface area contributed by atoms with E-state index in [1.54, 1.807) is 0 Å². The Hall–Kier alpha value is -2.48. The lowest BCUT2D eigenvalue weighted by Gasteiger charge is -2.41. The van der Waals surface area contributed by atoms with Crippen molar-refractivity contribution < 1.29 is 37.4 Å². The molecule has 2 unspecified atom stereocenters. The maximum Gasteiger partial charge on any atom is 0.343 e. The summed E-state index contributed by atoms with van der Waals surface area (Å²) in [6, 6.07) is 12.5. The lowest BCUT2D eigenvalue weighted by molar-refractivity contribution is -0.154. The highest BCUT2D eigenvalue weighted by Gasteiger charge is 2.69. The molecule has 3 aromatic rings. The number of carbonyl (C=O) groups excluding carboxylic acids is 1. The Bertz CT molecular complexity index is 1740. The van der Waals surface area contributed by atoms with Gasteiger partial charge in [-0.2, -0.15) is 0 Å². The molecule has 0 spiro atoms. The van der Waals surface area contributed by atoms with Gasteiger partial charge >= 0.3 is 5.97 Å². The summed E-state index contributed by atoms with van der Waals surface area (Å²) < 4.78 is 39.3. The molecule has 4 rings (SSSR count). The Kier molecular flexibility index (Phi) is 15.0. The number of rotatable bonds is 20. The Morgan fingerprint density at radius 2 is 1.59 bits per heavy atom. The molecule has 1 aromatic heterocycles. The number of carbonyl (C=O) groups is 1. The van der Waals surface area contributed by atoms with Crippen LogP contribution in [0.15, 0.2) is 47.1 Å². The van der Waals surface area contributed by atoms with Gasteiger partial charge in [0.05, 0.1) is 37.2 Å². The van der Waals surface area contributed by atoms with Crippen molar-refractivity contribution in [1.82, 2.24) is 0 Å². The van der Waals surface area contributed by atoms with Gasteiger partial charge in [-0.05, 0) is 85.6 Å². The van der Waals surface area contributed by atoms with Crippen LogP contribution < -0.4 is 4.74 Å². The highest BCUT2D eigenvalue weighted by molar-refractivity contribution is 6.74. The normalized spacial score (nSPS) is 19.6. The van der Waals surface area contributed by atoms with E-state index in [0.29, 0.717) is 32.0 Å². The zero-order chi connectivity index (χ0) is 41.9. The average molecular weight is 811 g/mol. The first kappa shape index (κ1) is 46.2. The largest absolute Gasteiger partial charge is 0.488 e. The van der Waals surface area contributed by atoms with E-state index in [-0.39, 0.29) is 35.1 Å². The summed E-state index contributed by atoms with van der Waals surface area (Å²) in [7, 11) is -4.59. The number of furan rings is 1. The minimum Gasteiger partial charge on any atom is -0.488 e. The van der Waals surface area contributed by atoms with Crippen molar-refractivity contribution in [2.75, 3.05) is 6.61 Å². The number of fused-ring (bicyclic) bond motifs is 1. The molecule has 2 aromatic carbocycles. The molecule has 1 aliphatic heterocycles. The highest BCUT2D eigenvalue weighted by atomic mass is 28.4. The second kappa shape index (κ2) is 18.2. The molecule has 1 aliphatic rings. The van der Waals surface area contributed by atoms with E-state index in [2.05, 4.69) is 107 Å². The van der Waals surface area contributed by atoms with Crippen LogP contribution in [-0.4, -0.2) is 58.2 Å². The second-order valence-corrected chi connectivity index (χ2v) is 29.0. The van der Waals surface area contributed by atoms with Gasteiger partial charge in [0.2, 0.25) is 5.60 Å². The summed E-state index contributed by atoms with van der Waals surface area (Å²) in [6.07, 6.45) is 3.19. The summed E-state index contributed by atoms with van der Waals surface area (Å²) in [4.78, 5) is 13.8. The third kappa shape index (κ3) is 10.2. The van der Waals surface area contributed by atoms with Gasteiger partial charge in [0.25, 0.3) is 0 Å². The van der Waals surface area contributed by atoms with Crippen LogP contribution in [0.5, 0.6) is 5.75 Å². The standard InChI is InChI=1S/C46H74O8Si2/c1-16-22-34(38(47)27-40(54-56(14,15)45(9,10)11)46(39(17-2)53-46)43(48)49-18-3)36-29-51-42-35(36)26-33(25-31(4)5)41(50-28-32-23-20-19-21-24-32)37(42)30-52-55(12,13)44(6,7)8/h19-21,23-24,26,29,31,34,38-40,47H,16-18,22,25,27-28,30H2,1-15H3/t34-,38?,39?,40+,46+/m1/s1. The van der Waals surface area contributed by atoms with Crippen molar-refractivity contribution in [2.24, 2.45) is 5.92 Å². The zero-order valence-corrected chi connectivity index (χ0v) is 39.4. The van der Waals surface area contributed by atoms with E-state index < -0.39 is 40.4 Å². The average Bonchev–Trinajstić information content (AvgIpc) is 3.72. The number of epoxide rings is 1. The number of ether oxygens (including phenoxy) is 3. The topological polar surface area (TPSA) is 99.9 Å². The van der Waals surface area contributed by atoms with Gasteiger partial charge in [0.1, 0.15) is 24.0 Å². The van der Waals surface area contributed by atoms with Crippen LogP contribution in [0, 0.1) is 5.92 Å². The Labute approximate surface area is 340 Å². The smallest absolute Gasteiger partial charge is 0.343 e. The summed E-state index contributed by atoms with van der Waals surface area (Å²) in [5.74, 6) is 0.488. The Morgan fingerprint density at radius 3 is 2.12 bits per heavy atom. The van der Waals surface area contributed by atoms with Gasteiger partial charge in [-0.25, -0.2) is 4.79 Å². The monoisotopic (exact) mass is 810 g/mol. The van der Waals surface area contributed by atoms with Crippen LogP contribution in [0.2, 0.25) is 36.3 Å². The van der Waals surface area contributed by atoms with Crippen molar-refractivity contribution in [2.45, 2.75) is 188 Å². The molecule has 0 saturated carbocycles. The number of hydrogen-bond donors (Lipinski definition) is 1. The van der Waals surface area contributed by atoms with E-state index in [0.717, 1.165) is 51.8 Å². The summed E-state index contributed by atoms with van der Waals surface area (Å²) >= 11 is 0. The molecule has 10 heteroatoms. The minimum atomic E-state index is -2.43. The van der Waals surface area contributed by atoms with E-state index >= 15 is 0 Å². The zero-order valence-electron chi connectivity index (χ0n) is 37.4. The maximum atomic E-state index is 13.8. The first-order valence-corrected chi connectivity index (χ1v) is 26.9. The molecular weight excluding hydrogens is 737 g/mol. The molecule has 0 bridgehead atoms. The molecule has 0 amide bonds. The number of benzene rings is 2. The fourth-order valence-electron chi connectivity index (χ4n) is 7.21. The van der Waals surface area contributed by atoms with Crippen molar-refractivity contribution >= 4 is 33.6 Å². The number of aliphatic hydroxyl groups is 1. The van der Waals surface area contributed by atoms with E-state index in [1.807, 2.05) is 38.3 Å². The lowest BCUT2D eigenvalue weighted by atomic mass is 9.83. The fourth-order valence-corrected chi connectivity index (χ4v) is 9.48. The maximum absolute atomic E-state index is 13.8. The van der Waals surface area contributed by atoms with Crippen molar-refractivity contribution in [3.8, 4) is 5.75 Å². The molecule has 314 valence electrons. The Morgan fingerprint density at radius 1 is 0.946 bits per heavy atom. The fraction of sp³-hybridized carbons (Fsp3) is 0.674. The minimum absolute atomic E-state index is 0.0172. The molecule has 2 heterocycles. The number of aliphatic hydroxyl groups excluding tert-OH is 1. The molecule has 1 saturated heterocycles. The number of hydrogen-bond acceptors (Lipinski definition) is 8. The molecule has 1 fully saturated rings. The summed E-state index contributed by atoms with van der Waals surface area (Å²) in [6.45, 7) is 33.7. The van der Waals surface area contributed by atoms with Crippen LogP contribution in [0.3, 0.4) is 0 Å². The van der Waals surface area contributed by atoms with Crippen molar-refractivity contribution in [3.63, 3.8) is 0 Å². The lowest BCUT2D eigenvalue weighted by Crippen LogP contribution is -2.53. The van der Waals surface area contributed by atoms with Crippen LogP contribution >= 0.6 is 0 Å². The quantitative estimate of drug-likeness (QED) is 0.0684. The molecule has 56 heavy (non-hydrogen) atoms. The van der Waals surface area contributed by atoms with Crippen LogP contribution in [0.1, 0.15) is 130 Å². The van der Waals surface area contributed by atoms with Crippen LogP contribution in [0.25, 0.3) is 11.0 Å². The van der Waals surface area contributed by atoms with E-state index in [1.165, 1.54) is 0 Å². The Balaban J connectivity index is 1.86. The summed E-state index contributed by atoms with van der Waals surface area (Å²) in [5.41, 5.74) is 3.53. The molecule has 5 atom stereocenters. The molecule has 1 N–H and O–H groups in total. The van der Waals surface area contributed by atoms with Gasteiger partial charge in [-0.15, -0.1) is 0 Å². The number of esters is 1. The first-order valence-electron chi connectivity index (χ1n) is 21.1. The first-order chi connectivity index (χ1) is 26.0. The molecule has 0 aliphatic carbocycles. The molecule has 8 nitrogen and oxygen atoms in total. The van der Waals surface area contributed by atoms with E-state index in [4.69, 9.17) is 27.5 Å². The van der Waals surface area contributed by atoms with Crippen LogP contribution in [0.4, 0.5) is 0 Å².